The van der Waals surface area contributed by atoms with Gasteiger partial charge in [-0.15, -0.1) is 0 Å². The number of hydrogen-bond donors (Lipinski definition) is 0. The number of benzene rings is 1. The van der Waals surface area contributed by atoms with Gasteiger partial charge in [0.15, 0.2) is 0 Å². The first kappa shape index (κ1) is 19.8. The molecule has 1 aromatic carbocycles. The lowest BCUT2D eigenvalue weighted by molar-refractivity contribution is -0.156. The smallest absolute Gasteiger partial charge is 0.246 e. The molecule has 0 spiro atoms. The molecule has 1 aromatic rings. The monoisotopic (exact) mass is 393 g/mol. The molecular weight excluding hydrogens is 366 g/mol. The summed E-state index contributed by atoms with van der Waals surface area (Å²) in [6, 6.07) is 9.01. The minimum atomic E-state index is -3.34. The van der Waals surface area contributed by atoms with Crippen LogP contribution >= 0.6 is 0 Å². The molecule has 0 bridgehead atoms. The highest BCUT2D eigenvalue weighted by Crippen LogP contribution is 2.22. The zero-order valence-corrected chi connectivity index (χ0v) is 16.5. The molecule has 0 N–H and O–H groups in total. The van der Waals surface area contributed by atoms with Crippen molar-refractivity contribution < 1.29 is 18.0 Å². The molecule has 2 saturated heterocycles. The first-order valence-electron chi connectivity index (χ1n) is 9.52. The number of unbranched alkanes of at least 4 members (excludes halogenated alkanes) is 1. The summed E-state index contributed by atoms with van der Waals surface area (Å²) in [6.45, 7) is 3.23. The lowest BCUT2D eigenvalue weighted by atomic mass is 10.1. The maximum atomic E-state index is 13.0. The number of hydrogen-bond acceptors (Lipinski definition) is 4. The van der Waals surface area contributed by atoms with Crippen molar-refractivity contribution in [2.45, 2.75) is 38.8 Å². The van der Waals surface area contributed by atoms with Crippen LogP contribution in [0.15, 0.2) is 30.3 Å². The van der Waals surface area contributed by atoms with Gasteiger partial charge in [-0.25, -0.2) is 12.7 Å². The van der Waals surface area contributed by atoms with Gasteiger partial charge >= 0.3 is 0 Å². The molecule has 0 aromatic heterocycles. The Labute approximate surface area is 161 Å². The van der Waals surface area contributed by atoms with Gasteiger partial charge in [0.25, 0.3) is 0 Å². The van der Waals surface area contributed by atoms with E-state index < -0.39 is 16.1 Å². The number of fused-ring (bicyclic) bond motifs is 1. The van der Waals surface area contributed by atoms with Gasteiger partial charge in [-0.1, -0.05) is 43.7 Å². The van der Waals surface area contributed by atoms with Gasteiger partial charge in [0, 0.05) is 26.2 Å². The summed E-state index contributed by atoms with van der Waals surface area (Å²) in [5, 5.41) is 0. The van der Waals surface area contributed by atoms with Gasteiger partial charge in [0.1, 0.15) is 12.6 Å². The molecule has 2 aliphatic heterocycles. The average Bonchev–Trinajstić information content (AvgIpc) is 2.89. The Kier molecular flexibility index (Phi) is 6.16. The van der Waals surface area contributed by atoms with Crippen LogP contribution in [0.25, 0.3) is 0 Å². The van der Waals surface area contributed by atoms with Crippen LogP contribution in [0, 0.1) is 0 Å². The fourth-order valence-corrected chi connectivity index (χ4v) is 5.33. The van der Waals surface area contributed by atoms with E-state index in [2.05, 4.69) is 0 Å². The Morgan fingerprint density at radius 1 is 1.07 bits per heavy atom. The number of piperazine rings is 1. The van der Waals surface area contributed by atoms with Gasteiger partial charge in [-0.2, -0.15) is 0 Å². The fraction of sp³-hybridized carbons (Fsp3) is 0.579. The van der Waals surface area contributed by atoms with Crippen LogP contribution in [-0.4, -0.2) is 72.3 Å². The first-order valence-corrected chi connectivity index (χ1v) is 11.1. The topological polar surface area (TPSA) is 78.0 Å². The van der Waals surface area contributed by atoms with Gasteiger partial charge in [0.2, 0.25) is 21.8 Å². The molecule has 27 heavy (non-hydrogen) atoms. The van der Waals surface area contributed by atoms with Crippen LogP contribution < -0.4 is 0 Å². The van der Waals surface area contributed by atoms with Crippen molar-refractivity contribution in [3.05, 3.63) is 35.9 Å². The number of nitrogens with zero attached hydrogens (tertiary/aromatic N) is 3. The van der Waals surface area contributed by atoms with E-state index in [1.54, 1.807) is 9.80 Å². The van der Waals surface area contributed by atoms with Crippen molar-refractivity contribution >= 4 is 21.8 Å². The van der Waals surface area contributed by atoms with E-state index in [0.29, 0.717) is 19.4 Å². The molecule has 1 unspecified atom stereocenters. The normalized spacial score (nSPS) is 21.9. The zero-order chi connectivity index (χ0) is 19.4. The zero-order valence-electron chi connectivity index (χ0n) is 15.7. The molecule has 0 radical (unpaired) electrons. The number of amides is 2. The van der Waals surface area contributed by atoms with Crippen LogP contribution in [0.5, 0.6) is 0 Å². The Morgan fingerprint density at radius 2 is 1.81 bits per heavy atom. The molecule has 2 aliphatic rings. The van der Waals surface area contributed by atoms with Gasteiger partial charge in [-0.3, -0.25) is 9.59 Å². The van der Waals surface area contributed by atoms with E-state index in [1.165, 1.54) is 4.31 Å². The van der Waals surface area contributed by atoms with Crippen molar-refractivity contribution in [1.29, 1.82) is 0 Å². The van der Waals surface area contributed by atoms with E-state index in [0.717, 1.165) is 12.0 Å². The summed E-state index contributed by atoms with van der Waals surface area (Å²) in [5.41, 5.74) is 0.976. The van der Waals surface area contributed by atoms with E-state index >= 15 is 0 Å². The van der Waals surface area contributed by atoms with E-state index in [4.69, 9.17) is 0 Å². The Balaban J connectivity index is 1.71. The Morgan fingerprint density at radius 3 is 2.52 bits per heavy atom. The van der Waals surface area contributed by atoms with Crippen molar-refractivity contribution in [3.8, 4) is 0 Å². The van der Waals surface area contributed by atoms with Crippen molar-refractivity contribution in [2.24, 2.45) is 0 Å². The first-order chi connectivity index (χ1) is 12.9. The lowest BCUT2D eigenvalue weighted by Gasteiger charge is -2.39. The van der Waals surface area contributed by atoms with Gasteiger partial charge in [-0.05, 0) is 18.4 Å². The molecule has 3 rings (SSSR count). The highest BCUT2D eigenvalue weighted by Gasteiger charge is 2.41. The minimum absolute atomic E-state index is 0.0484. The van der Waals surface area contributed by atoms with Crippen molar-refractivity contribution in [1.82, 2.24) is 14.1 Å². The fourth-order valence-electron chi connectivity index (χ4n) is 3.68. The van der Waals surface area contributed by atoms with Crippen molar-refractivity contribution in [3.63, 3.8) is 0 Å². The van der Waals surface area contributed by atoms with Crippen LogP contribution in [-0.2, 0) is 26.2 Å². The van der Waals surface area contributed by atoms with Crippen LogP contribution in [0.2, 0.25) is 0 Å². The summed E-state index contributed by atoms with van der Waals surface area (Å²) >= 11 is 0. The third kappa shape index (κ3) is 4.50. The van der Waals surface area contributed by atoms with Crippen molar-refractivity contribution in [2.75, 3.05) is 31.9 Å². The second-order valence-corrected chi connectivity index (χ2v) is 9.23. The van der Waals surface area contributed by atoms with E-state index in [-0.39, 0.29) is 43.7 Å². The van der Waals surface area contributed by atoms with E-state index in [1.807, 2.05) is 37.3 Å². The second-order valence-electron chi connectivity index (χ2n) is 7.14. The molecule has 2 heterocycles. The second kappa shape index (κ2) is 8.39. The summed E-state index contributed by atoms with van der Waals surface area (Å²) in [5.74, 6) is -0.0782. The third-order valence-electron chi connectivity index (χ3n) is 5.23. The molecule has 0 aliphatic carbocycles. The number of sulfonamides is 1. The highest BCUT2D eigenvalue weighted by atomic mass is 32.2. The largest absolute Gasteiger partial charge is 0.328 e. The minimum Gasteiger partial charge on any atom is -0.328 e. The molecule has 148 valence electrons. The summed E-state index contributed by atoms with van der Waals surface area (Å²) in [6.07, 6.45) is 1.78. The highest BCUT2D eigenvalue weighted by molar-refractivity contribution is 7.89. The Hall–Kier alpha value is -1.93. The summed E-state index contributed by atoms with van der Waals surface area (Å²) in [7, 11) is -3.34. The Bertz CT molecular complexity index is 781. The maximum Gasteiger partial charge on any atom is 0.246 e. The maximum absolute atomic E-state index is 13.0. The average molecular weight is 394 g/mol. The van der Waals surface area contributed by atoms with Gasteiger partial charge in [0.05, 0.1) is 5.75 Å². The predicted octanol–water partition coefficient (Wildman–Crippen LogP) is 1.06. The molecule has 2 amide bonds. The summed E-state index contributed by atoms with van der Waals surface area (Å²) < 4.78 is 26.4. The molecule has 7 nitrogen and oxygen atoms in total. The number of rotatable bonds is 6. The number of carbonyl (C=O) groups excluding carboxylic acids is 2. The molecular formula is C19H27N3O4S. The molecule has 2 fully saturated rings. The summed E-state index contributed by atoms with van der Waals surface area (Å²) in [4.78, 5) is 28.7. The quantitative estimate of drug-likeness (QED) is 0.724. The van der Waals surface area contributed by atoms with Crippen LogP contribution in [0.3, 0.4) is 0 Å². The predicted molar refractivity (Wildman–Crippen MR) is 102 cm³/mol. The molecule has 1 atom stereocenters. The van der Waals surface area contributed by atoms with Crippen LogP contribution in [0.1, 0.15) is 31.7 Å². The molecule has 8 heteroatoms. The SMILES string of the molecule is CCCCS(=O)(=O)N1CCC2C(=O)N(Cc3ccccc3)CC(=O)N2CC1. The standard InChI is InChI=1S/C19H27N3O4S/c1-2-3-13-27(25,26)21-10-9-17-19(24)20(14-16-7-5-4-6-8-16)15-18(23)22(17)12-11-21/h4-8,17H,2-3,9-15H2,1H3. The van der Waals surface area contributed by atoms with E-state index in [9.17, 15) is 18.0 Å². The number of carbonyl (C=O) groups is 2. The van der Waals surface area contributed by atoms with Gasteiger partial charge < -0.3 is 9.80 Å². The van der Waals surface area contributed by atoms with Crippen LogP contribution in [0.4, 0.5) is 0 Å². The third-order valence-corrected chi connectivity index (χ3v) is 7.18. The lowest BCUT2D eigenvalue weighted by Crippen LogP contribution is -2.59. The molecule has 0 saturated carbocycles.